The number of hydrogen-bond donors (Lipinski definition) is 1. The summed E-state index contributed by atoms with van der Waals surface area (Å²) in [6.45, 7) is 1.87. The van der Waals surface area contributed by atoms with Crippen LogP contribution in [0, 0.1) is 6.92 Å². The van der Waals surface area contributed by atoms with Crippen molar-refractivity contribution in [1.82, 2.24) is 10.3 Å². The first-order valence-corrected chi connectivity index (χ1v) is 10.4. The maximum atomic E-state index is 12.5. The van der Waals surface area contributed by atoms with Crippen LogP contribution >= 0.6 is 11.8 Å². The van der Waals surface area contributed by atoms with Crippen molar-refractivity contribution in [3.63, 3.8) is 0 Å². The molecule has 1 amide bonds. The molecule has 2 atom stereocenters. The van der Waals surface area contributed by atoms with E-state index in [-0.39, 0.29) is 16.3 Å². The number of aryl methyl sites for hydroxylation is 1. The lowest BCUT2D eigenvalue weighted by Gasteiger charge is -2.22. The zero-order valence-electron chi connectivity index (χ0n) is 16.1. The van der Waals surface area contributed by atoms with Crippen LogP contribution in [0.25, 0.3) is 22.4 Å². The number of oxazole rings is 1. The molecule has 0 bridgehead atoms. The van der Waals surface area contributed by atoms with E-state index in [1.165, 1.54) is 0 Å². The van der Waals surface area contributed by atoms with Gasteiger partial charge in [0.05, 0.1) is 12.0 Å². The standard InChI is InChI=1S/C23H18N2O4S/c1-13-18(24-21(29-13)14-5-3-2-4-6-14)12-17(20-22(26)30-23(27)25-20)15-7-8-19-16(11-15)9-10-28-19/h2-11,17,20H,12H2,1H3,(H,25,27). The summed E-state index contributed by atoms with van der Waals surface area (Å²) in [5, 5.41) is 3.27. The number of carbonyl (C=O) groups is 2. The van der Waals surface area contributed by atoms with E-state index < -0.39 is 6.04 Å². The van der Waals surface area contributed by atoms with Crippen molar-refractivity contribution >= 4 is 33.1 Å². The average molecular weight is 418 g/mol. The number of nitrogens with one attached hydrogen (secondary N) is 1. The highest BCUT2D eigenvalue weighted by molar-refractivity contribution is 8.26. The number of fused-ring (bicyclic) bond motifs is 1. The molecule has 30 heavy (non-hydrogen) atoms. The van der Waals surface area contributed by atoms with Crippen LogP contribution in [0.1, 0.15) is 22.9 Å². The van der Waals surface area contributed by atoms with Crippen LogP contribution in [0.5, 0.6) is 0 Å². The second-order valence-electron chi connectivity index (χ2n) is 7.25. The van der Waals surface area contributed by atoms with E-state index in [4.69, 9.17) is 13.8 Å². The Bertz CT molecular complexity index is 1240. The Morgan fingerprint density at radius 3 is 2.73 bits per heavy atom. The van der Waals surface area contributed by atoms with E-state index in [2.05, 4.69) is 5.32 Å². The second kappa shape index (κ2) is 7.50. The highest BCUT2D eigenvalue weighted by Gasteiger charge is 2.39. The minimum Gasteiger partial charge on any atom is -0.464 e. The minimum atomic E-state index is -0.622. The Balaban J connectivity index is 1.53. The summed E-state index contributed by atoms with van der Waals surface area (Å²) >= 11 is 0.722. The van der Waals surface area contributed by atoms with Crippen LogP contribution in [0.4, 0.5) is 4.79 Å². The van der Waals surface area contributed by atoms with Crippen molar-refractivity contribution in [2.45, 2.75) is 25.3 Å². The first-order valence-electron chi connectivity index (χ1n) is 9.59. The number of amides is 1. The van der Waals surface area contributed by atoms with Gasteiger partial charge < -0.3 is 14.2 Å². The molecule has 1 N–H and O–H groups in total. The number of carbonyl (C=O) groups excluding carboxylic acids is 2. The molecule has 0 spiro atoms. The Labute approximate surface area is 176 Å². The van der Waals surface area contributed by atoms with Gasteiger partial charge in [-0.3, -0.25) is 9.59 Å². The lowest BCUT2D eigenvalue weighted by molar-refractivity contribution is -0.112. The van der Waals surface area contributed by atoms with Gasteiger partial charge in [-0.05, 0) is 42.8 Å². The topological polar surface area (TPSA) is 85.3 Å². The summed E-state index contributed by atoms with van der Waals surface area (Å²) in [4.78, 5) is 29.1. The highest BCUT2D eigenvalue weighted by atomic mass is 32.2. The number of aromatic nitrogens is 1. The van der Waals surface area contributed by atoms with Crippen LogP contribution in [0.2, 0.25) is 0 Å². The molecule has 2 unspecified atom stereocenters. The van der Waals surface area contributed by atoms with Gasteiger partial charge in [-0.15, -0.1) is 0 Å². The molecule has 150 valence electrons. The predicted molar refractivity (Wildman–Crippen MR) is 114 cm³/mol. The molecule has 6 nitrogen and oxygen atoms in total. The van der Waals surface area contributed by atoms with Crippen molar-refractivity contribution in [1.29, 1.82) is 0 Å². The molecular formula is C23H18N2O4S. The maximum absolute atomic E-state index is 12.5. The molecule has 2 aromatic carbocycles. The smallest absolute Gasteiger partial charge is 0.287 e. The quantitative estimate of drug-likeness (QED) is 0.487. The Hall–Kier alpha value is -3.32. The minimum absolute atomic E-state index is 0.179. The largest absolute Gasteiger partial charge is 0.464 e. The summed E-state index contributed by atoms with van der Waals surface area (Å²) < 4.78 is 11.3. The Morgan fingerprint density at radius 1 is 1.13 bits per heavy atom. The third-order valence-electron chi connectivity index (χ3n) is 5.35. The van der Waals surface area contributed by atoms with Gasteiger partial charge in [0.25, 0.3) is 5.24 Å². The van der Waals surface area contributed by atoms with Crippen molar-refractivity contribution in [2.24, 2.45) is 0 Å². The molecule has 2 aromatic heterocycles. The second-order valence-corrected chi connectivity index (χ2v) is 8.22. The monoisotopic (exact) mass is 418 g/mol. The number of rotatable bonds is 5. The van der Waals surface area contributed by atoms with Crippen LogP contribution in [-0.4, -0.2) is 21.4 Å². The molecule has 1 saturated heterocycles. The van der Waals surface area contributed by atoms with Crippen molar-refractivity contribution in [2.75, 3.05) is 0 Å². The van der Waals surface area contributed by atoms with E-state index in [1.807, 2.05) is 61.5 Å². The van der Waals surface area contributed by atoms with Crippen LogP contribution in [0.3, 0.4) is 0 Å². The van der Waals surface area contributed by atoms with Gasteiger partial charge in [-0.2, -0.15) is 0 Å². The third-order valence-corrected chi connectivity index (χ3v) is 6.11. The van der Waals surface area contributed by atoms with Crippen molar-refractivity contribution in [3.8, 4) is 11.5 Å². The summed E-state index contributed by atoms with van der Waals surface area (Å²) in [6, 6.07) is 16.8. The molecule has 0 radical (unpaired) electrons. The molecule has 0 aliphatic carbocycles. The molecule has 4 aromatic rings. The molecule has 1 aliphatic rings. The van der Waals surface area contributed by atoms with Crippen molar-refractivity contribution in [3.05, 3.63) is 77.9 Å². The Kier molecular flexibility index (Phi) is 4.67. The van der Waals surface area contributed by atoms with E-state index in [1.54, 1.807) is 6.26 Å². The van der Waals surface area contributed by atoms with Gasteiger partial charge in [0, 0.05) is 35.1 Å². The van der Waals surface area contributed by atoms with Gasteiger partial charge in [-0.1, -0.05) is 24.3 Å². The van der Waals surface area contributed by atoms with E-state index >= 15 is 0 Å². The van der Waals surface area contributed by atoms with E-state index in [0.29, 0.717) is 18.1 Å². The molecular weight excluding hydrogens is 400 g/mol. The third kappa shape index (κ3) is 3.41. The van der Waals surface area contributed by atoms with Crippen molar-refractivity contribution < 1.29 is 18.4 Å². The predicted octanol–water partition coefficient (Wildman–Crippen LogP) is 5.07. The van der Waals surface area contributed by atoms with Crippen LogP contribution < -0.4 is 5.32 Å². The number of furan rings is 1. The average Bonchev–Trinajstić information content (AvgIpc) is 3.45. The first-order chi connectivity index (χ1) is 14.6. The lowest BCUT2D eigenvalue weighted by atomic mass is 9.87. The fraction of sp³-hybridized carbons (Fsp3) is 0.174. The molecule has 5 rings (SSSR count). The number of thioether (sulfide) groups is 1. The van der Waals surface area contributed by atoms with Crippen LogP contribution in [-0.2, 0) is 11.2 Å². The number of hydrogen-bond acceptors (Lipinski definition) is 6. The van der Waals surface area contributed by atoms with E-state index in [0.717, 1.165) is 39.6 Å². The van der Waals surface area contributed by atoms with Gasteiger partial charge in [0.1, 0.15) is 17.4 Å². The molecule has 1 aliphatic heterocycles. The SMILES string of the molecule is Cc1oc(-c2ccccc2)nc1CC(c1ccc2occc2c1)C1NC(=O)SC1=O. The fourth-order valence-corrected chi connectivity index (χ4v) is 4.53. The van der Waals surface area contributed by atoms with Crippen LogP contribution in [0.15, 0.2) is 69.7 Å². The zero-order valence-corrected chi connectivity index (χ0v) is 16.9. The number of benzene rings is 2. The summed E-state index contributed by atoms with van der Waals surface area (Å²) in [5.74, 6) is 0.971. The lowest BCUT2D eigenvalue weighted by Crippen LogP contribution is -2.36. The Morgan fingerprint density at radius 2 is 1.97 bits per heavy atom. The molecule has 7 heteroatoms. The first kappa shape index (κ1) is 18.7. The fourth-order valence-electron chi connectivity index (χ4n) is 3.81. The number of nitrogens with zero attached hydrogens (tertiary/aromatic N) is 1. The zero-order chi connectivity index (χ0) is 20.7. The van der Waals surface area contributed by atoms with Gasteiger partial charge in [-0.25, -0.2) is 4.98 Å². The highest BCUT2D eigenvalue weighted by Crippen LogP contribution is 2.34. The summed E-state index contributed by atoms with van der Waals surface area (Å²) in [6.07, 6.45) is 2.10. The van der Waals surface area contributed by atoms with E-state index in [9.17, 15) is 9.59 Å². The van der Waals surface area contributed by atoms with Gasteiger partial charge in [0.2, 0.25) is 11.0 Å². The van der Waals surface area contributed by atoms with Gasteiger partial charge in [0.15, 0.2) is 0 Å². The molecule has 0 saturated carbocycles. The molecule has 3 heterocycles. The van der Waals surface area contributed by atoms with Gasteiger partial charge >= 0.3 is 0 Å². The normalized spacial score (nSPS) is 17.4. The maximum Gasteiger partial charge on any atom is 0.287 e. The summed E-state index contributed by atoms with van der Waals surface area (Å²) in [5.41, 5.74) is 3.38. The summed E-state index contributed by atoms with van der Waals surface area (Å²) in [7, 11) is 0. The molecule has 1 fully saturated rings.